The molecule has 0 aliphatic rings. The van der Waals surface area contributed by atoms with Crippen molar-refractivity contribution in [2.75, 3.05) is 0 Å². The van der Waals surface area contributed by atoms with Gasteiger partial charge < -0.3 is 14.5 Å². The van der Waals surface area contributed by atoms with Crippen molar-refractivity contribution >= 4 is 16.9 Å². The van der Waals surface area contributed by atoms with E-state index in [1.54, 1.807) is 6.20 Å². The molecule has 0 amide bonds. The van der Waals surface area contributed by atoms with Crippen LogP contribution in [0.2, 0.25) is 0 Å². The zero-order valence-electron chi connectivity index (χ0n) is 9.60. The minimum absolute atomic E-state index is 0.298. The second-order valence-corrected chi connectivity index (χ2v) is 4.03. The van der Waals surface area contributed by atoms with E-state index in [-0.39, 0.29) is 5.89 Å². The molecule has 0 atom stereocenters. The fourth-order valence-electron chi connectivity index (χ4n) is 2.06. The molecule has 0 unspecified atom stereocenters. The number of nitrogens with zero attached hydrogens (tertiary/aromatic N) is 1. The second kappa shape index (κ2) is 3.73. The molecule has 3 rings (SSSR count). The van der Waals surface area contributed by atoms with Crippen LogP contribution in [0.1, 0.15) is 16.2 Å². The number of carboxylic acids is 1. The van der Waals surface area contributed by atoms with Gasteiger partial charge in [0.1, 0.15) is 0 Å². The fraction of sp³-hybridized carbons (Fsp3) is 0.0769. The number of aromatic nitrogens is 2. The lowest BCUT2D eigenvalue weighted by Gasteiger charge is -1.98. The Kier molecular flexibility index (Phi) is 2.19. The highest BCUT2D eigenvalue weighted by molar-refractivity contribution is 5.96. The molecule has 0 spiro atoms. The first-order valence-electron chi connectivity index (χ1n) is 5.43. The number of fused-ring (bicyclic) bond motifs is 1. The summed E-state index contributed by atoms with van der Waals surface area (Å²) in [6.07, 6.45) is 3.22. The lowest BCUT2D eigenvalue weighted by atomic mass is 10.1. The Morgan fingerprint density at radius 2 is 2.28 bits per heavy atom. The van der Waals surface area contributed by atoms with Crippen LogP contribution < -0.4 is 0 Å². The maximum absolute atomic E-state index is 10.8. The molecule has 0 saturated carbocycles. The molecule has 5 heteroatoms. The van der Waals surface area contributed by atoms with Crippen molar-refractivity contribution in [1.82, 2.24) is 9.97 Å². The minimum Gasteiger partial charge on any atom is -0.474 e. The number of H-pyrrole nitrogens is 1. The van der Waals surface area contributed by atoms with Gasteiger partial charge in [-0.2, -0.15) is 0 Å². The number of carbonyl (C=O) groups is 1. The third-order valence-corrected chi connectivity index (χ3v) is 2.87. The number of benzene rings is 1. The highest BCUT2D eigenvalue weighted by Crippen LogP contribution is 2.31. The van der Waals surface area contributed by atoms with E-state index in [4.69, 9.17) is 9.52 Å². The Balaban J connectivity index is 2.22. The number of hydrogen-bond donors (Lipinski definition) is 2. The third kappa shape index (κ3) is 1.48. The van der Waals surface area contributed by atoms with Crippen molar-refractivity contribution in [2.45, 2.75) is 6.92 Å². The molecule has 2 heterocycles. The van der Waals surface area contributed by atoms with Gasteiger partial charge in [-0.25, -0.2) is 9.78 Å². The fourth-order valence-corrected chi connectivity index (χ4v) is 2.06. The molecule has 0 fully saturated rings. The molecule has 0 aliphatic carbocycles. The van der Waals surface area contributed by atoms with E-state index < -0.39 is 5.97 Å². The molecule has 2 aromatic heterocycles. The van der Waals surface area contributed by atoms with Gasteiger partial charge in [-0.15, -0.1) is 0 Å². The van der Waals surface area contributed by atoms with Crippen LogP contribution in [-0.4, -0.2) is 21.0 Å². The number of rotatable bonds is 2. The minimum atomic E-state index is -1.17. The lowest BCUT2D eigenvalue weighted by Crippen LogP contribution is -1.94. The van der Waals surface area contributed by atoms with Crippen LogP contribution in [0.5, 0.6) is 0 Å². The number of carboxylic acid groups (broad SMARTS) is 1. The third-order valence-electron chi connectivity index (χ3n) is 2.87. The summed E-state index contributed by atoms with van der Waals surface area (Å²) < 4.78 is 5.22. The van der Waals surface area contributed by atoms with E-state index in [0.717, 1.165) is 22.0 Å². The first-order valence-corrected chi connectivity index (χ1v) is 5.43. The smallest absolute Gasteiger partial charge is 0.392 e. The van der Waals surface area contributed by atoms with E-state index in [9.17, 15) is 4.79 Å². The molecule has 5 nitrogen and oxygen atoms in total. The Hall–Kier alpha value is -2.56. The summed E-state index contributed by atoms with van der Waals surface area (Å²) in [5.74, 6) is -1.02. The van der Waals surface area contributed by atoms with Crippen LogP contribution in [0, 0.1) is 6.92 Å². The summed E-state index contributed by atoms with van der Waals surface area (Å²) >= 11 is 0. The molecule has 0 aliphatic heterocycles. The van der Waals surface area contributed by atoms with Crippen LogP contribution in [0.15, 0.2) is 35.0 Å². The number of hydrogen-bond acceptors (Lipinski definition) is 3. The standard InChI is InChI=1S/C13H10N2O3/c1-7-3-2-4-9-11(7)8(5-14-9)10-6-15-12(18-10)13(16)17/h2-6,14H,1H3,(H,16,17). The first-order chi connectivity index (χ1) is 8.66. The van der Waals surface area contributed by atoms with Crippen molar-refractivity contribution in [3.8, 4) is 11.3 Å². The normalized spacial score (nSPS) is 10.9. The van der Waals surface area contributed by atoms with Crippen molar-refractivity contribution in [3.63, 3.8) is 0 Å². The number of aromatic carboxylic acids is 1. The van der Waals surface area contributed by atoms with E-state index in [0.29, 0.717) is 5.76 Å². The maximum Gasteiger partial charge on any atom is 0.392 e. The monoisotopic (exact) mass is 242 g/mol. The van der Waals surface area contributed by atoms with Gasteiger partial charge in [0.25, 0.3) is 0 Å². The lowest BCUT2D eigenvalue weighted by molar-refractivity contribution is 0.0654. The largest absolute Gasteiger partial charge is 0.474 e. The molecule has 0 radical (unpaired) electrons. The molecule has 3 aromatic rings. The van der Waals surface area contributed by atoms with Crippen molar-refractivity contribution in [1.29, 1.82) is 0 Å². The quantitative estimate of drug-likeness (QED) is 0.724. The summed E-state index contributed by atoms with van der Waals surface area (Å²) in [7, 11) is 0. The summed E-state index contributed by atoms with van der Waals surface area (Å²) in [6, 6.07) is 5.91. The van der Waals surface area contributed by atoms with Crippen molar-refractivity contribution in [2.24, 2.45) is 0 Å². The van der Waals surface area contributed by atoms with Gasteiger partial charge in [0, 0.05) is 22.7 Å². The molecule has 2 N–H and O–H groups in total. The van der Waals surface area contributed by atoms with Gasteiger partial charge in [0.15, 0.2) is 5.76 Å². The van der Waals surface area contributed by atoms with Crippen molar-refractivity contribution in [3.05, 3.63) is 42.0 Å². The van der Waals surface area contributed by atoms with Crippen LogP contribution in [-0.2, 0) is 0 Å². The summed E-state index contributed by atoms with van der Waals surface area (Å²) in [5.41, 5.74) is 2.90. The number of aromatic amines is 1. The number of oxazole rings is 1. The van der Waals surface area contributed by atoms with Crippen LogP contribution in [0.25, 0.3) is 22.2 Å². The topological polar surface area (TPSA) is 79.1 Å². The second-order valence-electron chi connectivity index (χ2n) is 4.03. The Labute approximate surface area is 102 Å². The average Bonchev–Trinajstić information content (AvgIpc) is 2.94. The molecule has 0 bridgehead atoms. The zero-order chi connectivity index (χ0) is 12.7. The van der Waals surface area contributed by atoms with Gasteiger partial charge in [-0.3, -0.25) is 0 Å². The van der Waals surface area contributed by atoms with Gasteiger partial charge >= 0.3 is 11.9 Å². The Morgan fingerprint density at radius 1 is 1.44 bits per heavy atom. The average molecular weight is 242 g/mol. The number of nitrogens with one attached hydrogen (secondary N) is 1. The molecular formula is C13H10N2O3. The Bertz CT molecular complexity index is 740. The highest BCUT2D eigenvalue weighted by Gasteiger charge is 2.15. The van der Waals surface area contributed by atoms with Gasteiger partial charge in [0.05, 0.1) is 6.20 Å². The summed E-state index contributed by atoms with van der Waals surface area (Å²) in [4.78, 5) is 17.6. The van der Waals surface area contributed by atoms with E-state index in [1.807, 2.05) is 25.1 Å². The predicted octanol–water partition coefficient (Wildman–Crippen LogP) is 2.83. The van der Waals surface area contributed by atoms with Gasteiger partial charge in [-0.05, 0) is 18.6 Å². The van der Waals surface area contributed by atoms with Crippen LogP contribution in [0.4, 0.5) is 0 Å². The maximum atomic E-state index is 10.8. The molecule has 90 valence electrons. The highest BCUT2D eigenvalue weighted by atomic mass is 16.4. The SMILES string of the molecule is Cc1cccc2[nH]cc(-c3cnc(C(=O)O)o3)c12. The molecule has 0 saturated heterocycles. The molecular weight excluding hydrogens is 232 g/mol. The molecule has 18 heavy (non-hydrogen) atoms. The summed E-state index contributed by atoms with van der Waals surface area (Å²) in [5, 5.41) is 9.82. The summed E-state index contributed by atoms with van der Waals surface area (Å²) in [6.45, 7) is 1.99. The van der Waals surface area contributed by atoms with Crippen LogP contribution >= 0.6 is 0 Å². The van der Waals surface area contributed by atoms with Gasteiger partial charge in [-0.1, -0.05) is 12.1 Å². The predicted molar refractivity (Wildman–Crippen MR) is 65.5 cm³/mol. The number of aryl methyl sites for hydroxylation is 1. The Morgan fingerprint density at radius 3 is 3.00 bits per heavy atom. The van der Waals surface area contributed by atoms with E-state index >= 15 is 0 Å². The zero-order valence-corrected chi connectivity index (χ0v) is 9.60. The van der Waals surface area contributed by atoms with E-state index in [1.165, 1.54) is 6.20 Å². The van der Waals surface area contributed by atoms with Crippen LogP contribution in [0.3, 0.4) is 0 Å². The van der Waals surface area contributed by atoms with E-state index in [2.05, 4.69) is 9.97 Å². The van der Waals surface area contributed by atoms with Gasteiger partial charge in [0.2, 0.25) is 0 Å². The first kappa shape index (κ1) is 10.6. The molecule has 1 aromatic carbocycles. The van der Waals surface area contributed by atoms with Crippen molar-refractivity contribution < 1.29 is 14.3 Å².